The van der Waals surface area contributed by atoms with Gasteiger partial charge in [0.05, 0.1) is 0 Å². The second-order valence-electron chi connectivity index (χ2n) is 4.76. The van der Waals surface area contributed by atoms with Crippen molar-refractivity contribution in [3.8, 4) is 0 Å². The average Bonchev–Trinajstić information content (AvgIpc) is 2.50. The number of hydrogen-bond donors (Lipinski definition) is 0. The standard InChI is InChI=1S/C14H17BrO/c1-10-13-8-12(15)5-4-11(13)9-14(10,2)6-7-16-3/h4-5,8H,1,6-7,9H2,2-3H3. The lowest BCUT2D eigenvalue weighted by molar-refractivity contribution is 0.167. The van der Waals surface area contributed by atoms with E-state index in [1.54, 1.807) is 7.11 Å². The second kappa shape index (κ2) is 4.34. The highest BCUT2D eigenvalue weighted by molar-refractivity contribution is 9.10. The second-order valence-corrected chi connectivity index (χ2v) is 5.68. The van der Waals surface area contributed by atoms with Gasteiger partial charge in [-0.25, -0.2) is 0 Å². The predicted molar refractivity (Wildman–Crippen MR) is 71.5 cm³/mol. The molecule has 0 radical (unpaired) electrons. The van der Waals surface area contributed by atoms with E-state index in [0.29, 0.717) is 0 Å². The van der Waals surface area contributed by atoms with Gasteiger partial charge in [-0.15, -0.1) is 0 Å². The molecule has 0 bridgehead atoms. The van der Waals surface area contributed by atoms with Crippen molar-refractivity contribution in [3.05, 3.63) is 40.4 Å². The van der Waals surface area contributed by atoms with Gasteiger partial charge in [0.1, 0.15) is 0 Å². The number of ether oxygens (including phenoxy) is 1. The fourth-order valence-corrected chi connectivity index (χ4v) is 2.76. The molecule has 0 fully saturated rings. The van der Waals surface area contributed by atoms with Crippen LogP contribution in [0.25, 0.3) is 5.57 Å². The van der Waals surface area contributed by atoms with E-state index >= 15 is 0 Å². The van der Waals surface area contributed by atoms with Crippen LogP contribution in [0.3, 0.4) is 0 Å². The van der Waals surface area contributed by atoms with Crippen molar-refractivity contribution in [2.75, 3.05) is 13.7 Å². The SMILES string of the molecule is C=C1c2cc(Br)ccc2CC1(C)CCOC. The summed E-state index contributed by atoms with van der Waals surface area (Å²) < 4.78 is 6.32. The van der Waals surface area contributed by atoms with Gasteiger partial charge in [-0.05, 0) is 47.1 Å². The molecule has 1 aliphatic rings. The molecule has 2 rings (SSSR count). The van der Waals surface area contributed by atoms with Crippen LogP contribution >= 0.6 is 15.9 Å². The highest BCUT2D eigenvalue weighted by Crippen LogP contribution is 2.48. The fourth-order valence-electron chi connectivity index (χ4n) is 2.40. The lowest BCUT2D eigenvalue weighted by Gasteiger charge is -2.25. The highest BCUT2D eigenvalue weighted by Gasteiger charge is 2.36. The van der Waals surface area contributed by atoms with Crippen LogP contribution in [-0.4, -0.2) is 13.7 Å². The molecule has 0 saturated carbocycles. The minimum atomic E-state index is 0.166. The molecule has 0 N–H and O–H groups in total. The molecule has 1 aromatic rings. The van der Waals surface area contributed by atoms with Gasteiger partial charge in [-0.2, -0.15) is 0 Å². The van der Waals surface area contributed by atoms with Gasteiger partial charge in [0.25, 0.3) is 0 Å². The lowest BCUT2D eigenvalue weighted by atomic mass is 9.81. The van der Waals surface area contributed by atoms with Gasteiger partial charge in [-0.3, -0.25) is 0 Å². The Morgan fingerprint density at radius 2 is 2.25 bits per heavy atom. The molecule has 16 heavy (non-hydrogen) atoms. The van der Waals surface area contributed by atoms with Crippen molar-refractivity contribution in [1.82, 2.24) is 0 Å². The predicted octanol–water partition coefficient (Wildman–Crippen LogP) is 4.06. The third-order valence-corrected chi connectivity index (χ3v) is 4.06. The van der Waals surface area contributed by atoms with E-state index in [4.69, 9.17) is 4.74 Å². The number of halogens is 1. The molecular formula is C14H17BrO. The zero-order valence-electron chi connectivity index (χ0n) is 9.85. The first-order chi connectivity index (χ1) is 7.57. The first-order valence-corrected chi connectivity index (χ1v) is 6.33. The first-order valence-electron chi connectivity index (χ1n) is 5.54. The van der Waals surface area contributed by atoms with E-state index in [0.717, 1.165) is 23.9 Å². The van der Waals surface area contributed by atoms with Crippen LogP contribution in [-0.2, 0) is 11.2 Å². The molecule has 0 aliphatic heterocycles. The van der Waals surface area contributed by atoms with Crippen molar-refractivity contribution < 1.29 is 4.74 Å². The Balaban J connectivity index is 2.30. The van der Waals surface area contributed by atoms with Gasteiger partial charge in [0.15, 0.2) is 0 Å². The number of benzene rings is 1. The molecule has 0 spiro atoms. The normalized spacial score (nSPS) is 23.6. The number of hydrogen-bond acceptors (Lipinski definition) is 1. The Morgan fingerprint density at radius 1 is 1.50 bits per heavy atom. The minimum absolute atomic E-state index is 0.166. The quantitative estimate of drug-likeness (QED) is 0.811. The summed E-state index contributed by atoms with van der Waals surface area (Å²) in [5, 5.41) is 0. The number of allylic oxidation sites excluding steroid dienone is 1. The van der Waals surface area contributed by atoms with Crippen LogP contribution in [0.2, 0.25) is 0 Å². The molecule has 0 heterocycles. The van der Waals surface area contributed by atoms with E-state index in [1.165, 1.54) is 16.7 Å². The van der Waals surface area contributed by atoms with Crippen LogP contribution in [0, 0.1) is 5.41 Å². The summed E-state index contributed by atoms with van der Waals surface area (Å²) in [6.45, 7) is 7.34. The minimum Gasteiger partial charge on any atom is -0.385 e. The van der Waals surface area contributed by atoms with Crippen LogP contribution in [0.5, 0.6) is 0 Å². The van der Waals surface area contributed by atoms with Gasteiger partial charge in [0, 0.05) is 18.2 Å². The van der Waals surface area contributed by atoms with Crippen molar-refractivity contribution in [3.63, 3.8) is 0 Å². The molecule has 1 atom stereocenters. The molecule has 2 heteroatoms. The van der Waals surface area contributed by atoms with Crippen molar-refractivity contribution in [1.29, 1.82) is 0 Å². The molecule has 86 valence electrons. The number of fused-ring (bicyclic) bond motifs is 1. The third kappa shape index (κ3) is 1.96. The van der Waals surface area contributed by atoms with E-state index in [9.17, 15) is 0 Å². The van der Waals surface area contributed by atoms with Gasteiger partial charge in [0.2, 0.25) is 0 Å². The topological polar surface area (TPSA) is 9.23 Å². The Labute approximate surface area is 106 Å². The Morgan fingerprint density at radius 3 is 2.94 bits per heavy atom. The van der Waals surface area contributed by atoms with E-state index < -0.39 is 0 Å². The maximum Gasteiger partial charge on any atom is 0.0470 e. The Bertz CT molecular complexity index is 425. The molecule has 0 aromatic heterocycles. The Hall–Kier alpha value is -0.600. The summed E-state index contributed by atoms with van der Waals surface area (Å²) in [5.41, 5.74) is 4.14. The van der Waals surface area contributed by atoms with Crippen molar-refractivity contribution in [2.45, 2.75) is 19.8 Å². The molecule has 1 aliphatic carbocycles. The zero-order chi connectivity index (χ0) is 11.8. The molecule has 0 saturated heterocycles. The first kappa shape index (κ1) is 11.9. The summed E-state index contributed by atoms with van der Waals surface area (Å²) in [6, 6.07) is 6.48. The fraction of sp³-hybridized carbons (Fsp3) is 0.429. The zero-order valence-corrected chi connectivity index (χ0v) is 11.4. The molecule has 1 aromatic carbocycles. The molecule has 0 amide bonds. The Kier molecular flexibility index (Phi) is 3.22. The maximum absolute atomic E-state index is 5.19. The molecular weight excluding hydrogens is 264 g/mol. The van der Waals surface area contributed by atoms with Gasteiger partial charge < -0.3 is 4.74 Å². The highest BCUT2D eigenvalue weighted by atomic mass is 79.9. The largest absolute Gasteiger partial charge is 0.385 e. The third-order valence-electron chi connectivity index (χ3n) is 3.56. The van der Waals surface area contributed by atoms with Gasteiger partial charge >= 0.3 is 0 Å². The van der Waals surface area contributed by atoms with E-state index in [2.05, 4.69) is 47.6 Å². The smallest absolute Gasteiger partial charge is 0.0470 e. The number of rotatable bonds is 3. The summed E-state index contributed by atoms with van der Waals surface area (Å²) >= 11 is 3.52. The summed E-state index contributed by atoms with van der Waals surface area (Å²) in [6.07, 6.45) is 2.12. The average molecular weight is 281 g/mol. The van der Waals surface area contributed by atoms with E-state index in [-0.39, 0.29) is 5.41 Å². The lowest BCUT2D eigenvalue weighted by Crippen LogP contribution is -2.17. The summed E-state index contributed by atoms with van der Waals surface area (Å²) in [4.78, 5) is 0. The van der Waals surface area contributed by atoms with Gasteiger partial charge in [-0.1, -0.05) is 35.5 Å². The van der Waals surface area contributed by atoms with Crippen molar-refractivity contribution in [2.24, 2.45) is 5.41 Å². The van der Waals surface area contributed by atoms with Crippen molar-refractivity contribution >= 4 is 21.5 Å². The number of methoxy groups -OCH3 is 1. The van der Waals surface area contributed by atoms with E-state index in [1.807, 2.05) is 0 Å². The van der Waals surface area contributed by atoms with Crippen LogP contribution < -0.4 is 0 Å². The molecule has 1 unspecified atom stereocenters. The van der Waals surface area contributed by atoms with Crippen LogP contribution in [0.4, 0.5) is 0 Å². The molecule has 1 nitrogen and oxygen atoms in total. The van der Waals surface area contributed by atoms with Crippen LogP contribution in [0.15, 0.2) is 29.3 Å². The van der Waals surface area contributed by atoms with Crippen LogP contribution in [0.1, 0.15) is 24.5 Å². The monoisotopic (exact) mass is 280 g/mol. The summed E-state index contributed by atoms with van der Waals surface area (Å²) in [7, 11) is 1.75. The summed E-state index contributed by atoms with van der Waals surface area (Å²) in [5.74, 6) is 0. The maximum atomic E-state index is 5.19.